The summed E-state index contributed by atoms with van der Waals surface area (Å²) in [7, 11) is -4.64. The molecule has 0 radical (unpaired) electrons. The fourth-order valence-corrected chi connectivity index (χ4v) is 2.83. The number of carbonyl (C=O) groups excluding carboxylic acids is 1. The number of rotatable bonds is 5. The Morgan fingerprint density at radius 2 is 1.96 bits per heavy atom. The summed E-state index contributed by atoms with van der Waals surface area (Å²) >= 11 is 0. The first-order valence-corrected chi connectivity index (χ1v) is 9.25. The van der Waals surface area contributed by atoms with Crippen LogP contribution in [-0.4, -0.2) is 44.5 Å². The van der Waals surface area contributed by atoms with Crippen LogP contribution in [0.2, 0.25) is 0 Å². The lowest BCUT2D eigenvalue weighted by molar-refractivity contribution is -0.0504. The van der Waals surface area contributed by atoms with Crippen LogP contribution in [0.5, 0.6) is 0 Å². The van der Waals surface area contributed by atoms with E-state index in [9.17, 15) is 26.4 Å². The standard InChI is InChI=1S/C16H17F3N2O6S/c1-5-26-15(22)14-8(2)10(20-9(14)3)6-11-12(25-4)7-13(21-11)27-28(23,24)16(17,18)19/h6-7,20H,5H2,1-4H3/b11-6-. The number of H-pyrrole nitrogens is 1. The van der Waals surface area contributed by atoms with E-state index >= 15 is 0 Å². The summed E-state index contributed by atoms with van der Waals surface area (Å²) in [5, 5.41) is 0. The molecule has 1 aliphatic rings. The summed E-state index contributed by atoms with van der Waals surface area (Å²) in [4.78, 5) is 18.7. The Balaban J connectivity index is 2.41. The van der Waals surface area contributed by atoms with Crippen molar-refractivity contribution in [2.75, 3.05) is 13.7 Å². The second kappa shape index (κ2) is 7.70. The largest absolute Gasteiger partial charge is 0.534 e. The number of aryl methyl sites for hydroxylation is 1. The van der Waals surface area contributed by atoms with Gasteiger partial charge in [0.2, 0.25) is 5.90 Å². The van der Waals surface area contributed by atoms with Crippen LogP contribution in [0.15, 0.2) is 22.5 Å². The van der Waals surface area contributed by atoms with Gasteiger partial charge in [-0.25, -0.2) is 9.79 Å². The van der Waals surface area contributed by atoms with Crippen molar-refractivity contribution in [3.8, 4) is 0 Å². The van der Waals surface area contributed by atoms with Gasteiger partial charge in [0.1, 0.15) is 11.5 Å². The molecule has 0 bridgehead atoms. The molecule has 0 amide bonds. The average Bonchev–Trinajstić information content (AvgIpc) is 3.06. The number of nitrogens with one attached hydrogen (secondary N) is 1. The summed E-state index contributed by atoms with van der Waals surface area (Å²) in [5.41, 5.74) is -3.81. The smallest absolute Gasteiger partial charge is 0.494 e. The molecule has 0 fully saturated rings. The maximum atomic E-state index is 12.5. The molecule has 2 heterocycles. The molecular formula is C16H17F3N2O6S. The molecule has 1 N–H and O–H groups in total. The number of methoxy groups -OCH3 is 1. The molecule has 2 rings (SSSR count). The van der Waals surface area contributed by atoms with Gasteiger partial charge in [0.05, 0.1) is 19.3 Å². The van der Waals surface area contributed by atoms with Crippen LogP contribution in [0.25, 0.3) is 6.08 Å². The van der Waals surface area contributed by atoms with E-state index in [1.165, 1.54) is 13.2 Å². The first kappa shape index (κ1) is 21.5. The van der Waals surface area contributed by atoms with E-state index in [4.69, 9.17) is 9.47 Å². The molecule has 0 saturated carbocycles. The van der Waals surface area contributed by atoms with Gasteiger partial charge >= 0.3 is 21.6 Å². The first-order chi connectivity index (χ1) is 12.9. The SMILES string of the molecule is CCOC(=O)c1c(C)[nH]c(/C=C2\N=C(OS(=O)(=O)C(F)(F)F)C=C2OC)c1C. The van der Waals surface area contributed by atoms with Crippen molar-refractivity contribution in [1.82, 2.24) is 4.98 Å². The Hall–Kier alpha value is -2.76. The third-order valence-corrected chi connectivity index (χ3v) is 4.63. The lowest BCUT2D eigenvalue weighted by Gasteiger charge is -2.07. The number of aromatic amines is 1. The summed E-state index contributed by atoms with van der Waals surface area (Å²) < 4.78 is 73.7. The topological polar surface area (TPSA) is 107 Å². The molecule has 28 heavy (non-hydrogen) atoms. The number of alkyl halides is 3. The van der Waals surface area contributed by atoms with Crippen molar-refractivity contribution >= 4 is 28.1 Å². The lowest BCUT2D eigenvalue weighted by atomic mass is 10.1. The highest BCUT2D eigenvalue weighted by molar-refractivity contribution is 7.88. The van der Waals surface area contributed by atoms with Gasteiger partial charge in [0.25, 0.3) is 0 Å². The van der Waals surface area contributed by atoms with Crippen LogP contribution in [0.4, 0.5) is 13.2 Å². The van der Waals surface area contributed by atoms with Crippen molar-refractivity contribution < 1.29 is 40.0 Å². The number of ether oxygens (including phenoxy) is 2. The predicted octanol–water partition coefficient (Wildman–Crippen LogP) is 2.96. The van der Waals surface area contributed by atoms with E-state index in [0.29, 0.717) is 22.5 Å². The number of aromatic nitrogens is 1. The van der Waals surface area contributed by atoms with E-state index in [0.717, 1.165) is 6.08 Å². The monoisotopic (exact) mass is 422 g/mol. The van der Waals surface area contributed by atoms with Crippen molar-refractivity contribution in [1.29, 1.82) is 0 Å². The Morgan fingerprint density at radius 1 is 1.32 bits per heavy atom. The van der Waals surface area contributed by atoms with Gasteiger partial charge in [-0.3, -0.25) is 0 Å². The molecule has 0 aliphatic carbocycles. The van der Waals surface area contributed by atoms with Gasteiger partial charge in [-0.05, 0) is 32.4 Å². The number of carbonyl (C=O) groups is 1. The van der Waals surface area contributed by atoms with Crippen LogP contribution >= 0.6 is 0 Å². The van der Waals surface area contributed by atoms with Gasteiger partial charge in [-0.1, -0.05) is 0 Å². The molecule has 0 aromatic carbocycles. The van der Waals surface area contributed by atoms with Crippen molar-refractivity contribution in [2.24, 2.45) is 4.99 Å². The van der Waals surface area contributed by atoms with Crippen LogP contribution in [0, 0.1) is 13.8 Å². The third kappa shape index (κ3) is 4.21. The summed E-state index contributed by atoms with van der Waals surface area (Å²) in [5.74, 6) is -1.35. The summed E-state index contributed by atoms with van der Waals surface area (Å²) in [6.07, 6.45) is 2.30. The maximum Gasteiger partial charge on any atom is 0.534 e. The van der Waals surface area contributed by atoms with E-state index in [1.54, 1.807) is 20.8 Å². The molecule has 0 atom stereocenters. The summed E-state index contributed by atoms with van der Waals surface area (Å²) in [6.45, 7) is 5.14. The van der Waals surface area contributed by atoms with Gasteiger partial charge < -0.3 is 18.6 Å². The van der Waals surface area contributed by atoms with E-state index < -0.39 is 27.5 Å². The quantitative estimate of drug-likeness (QED) is 0.444. The zero-order valence-electron chi connectivity index (χ0n) is 15.3. The highest BCUT2D eigenvalue weighted by atomic mass is 32.2. The molecule has 1 aromatic heterocycles. The Morgan fingerprint density at radius 3 is 2.50 bits per heavy atom. The van der Waals surface area contributed by atoms with Crippen LogP contribution in [0.1, 0.15) is 34.2 Å². The van der Waals surface area contributed by atoms with Gasteiger partial charge in [0, 0.05) is 17.5 Å². The Bertz CT molecular complexity index is 987. The normalized spacial score (nSPS) is 16.0. The fraction of sp³-hybridized carbons (Fsp3) is 0.375. The first-order valence-electron chi connectivity index (χ1n) is 7.84. The zero-order valence-corrected chi connectivity index (χ0v) is 16.1. The van der Waals surface area contributed by atoms with Gasteiger partial charge in [0.15, 0.2) is 0 Å². The van der Waals surface area contributed by atoms with Crippen LogP contribution < -0.4 is 0 Å². The molecular weight excluding hydrogens is 405 g/mol. The fourth-order valence-electron chi connectivity index (χ4n) is 2.43. The molecule has 0 spiro atoms. The van der Waals surface area contributed by atoms with E-state index in [-0.39, 0.29) is 18.1 Å². The predicted molar refractivity (Wildman–Crippen MR) is 92.8 cm³/mol. The minimum absolute atomic E-state index is 0.00892. The van der Waals surface area contributed by atoms with Gasteiger partial charge in [-0.15, -0.1) is 0 Å². The molecule has 0 unspecified atom stereocenters. The molecule has 1 aromatic rings. The number of nitrogens with zero attached hydrogens (tertiary/aromatic N) is 1. The zero-order chi connectivity index (χ0) is 21.3. The Kier molecular flexibility index (Phi) is 5.92. The Labute approximate surface area is 158 Å². The molecule has 0 saturated heterocycles. The number of aliphatic imine (C=N–C) groups is 1. The number of halogens is 3. The van der Waals surface area contributed by atoms with E-state index in [2.05, 4.69) is 14.2 Å². The van der Waals surface area contributed by atoms with Crippen molar-refractivity contribution in [3.63, 3.8) is 0 Å². The van der Waals surface area contributed by atoms with E-state index in [1.807, 2.05) is 0 Å². The number of hydrogen-bond acceptors (Lipinski definition) is 7. The number of esters is 1. The lowest BCUT2D eigenvalue weighted by Crippen LogP contribution is -2.27. The average molecular weight is 422 g/mol. The van der Waals surface area contributed by atoms with Crippen LogP contribution in [-0.2, 0) is 23.8 Å². The molecule has 1 aliphatic heterocycles. The highest BCUT2D eigenvalue weighted by Crippen LogP contribution is 2.30. The van der Waals surface area contributed by atoms with Crippen molar-refractivity contribution in [3.05, 3.63) is 40.0 Å². The minimum Gasteiger partial charge on any atom is -0.494 e. The second-order valence-corrected chi connectivity index (χ2v) is 7.10. The second-order valence-electron chi connectivity index (χ2n) is 5.56. The van der Waals surface area contributed by atoms with Crippen molar-refractivity contribution in [2.45, 2.75) is 26.3 Å². The number of hydrogen-bond donors (Lipinski definition) is 1. The minimum atomic E-state index is -5.86. The third-order valence-electron chi connectivity index (χ3n) is 3.67. The molecule has 8 nitrogen and oxygen atoms in total. The molecule has 12 heteroatoms. The maximum absolute atomic E-state index is 12.5. The summed E-state index contributed by atoms with van der Waals surface area (Å²) in [6, 6.07) is 0. The van der Waals surface area contributed by atoms with Gasteiger partial charge in [-0.2, -0.15) is 21.6 Å². The molecule has 154 valence electrons. The highest BCUT2D eigenvalue weighted by Gasteiger charge is 2.49. The van der Waals surface area contributed by atoms with Crippen LogP contribution in [0.3, 0.4) is 0 Å².